The van der Waals surface area contributed by atoms with Crippen LogP contribution in [0.4, 0.5) is 0 Å². The van der Waals surface area contributed by atoms with E-state index in [2.05, 4.69) is 6.92 Å². The van der Waals surface area contributed by atoms with Gasteiger partial charge in [-0.05, 0) is 30.2 Å². The molecule has 5 nitrogen and oxygen atoms in total. The van der Waals surface area contributed by atoms with Crippen molar-refractivity contribution in [1.29, 1.82) is 0 Å². The molecule has 2 aromatic carbocycles. The van der Waals surface area contributed by atoms with Crippen molar-refractivity contribution in [2.24, 2.45) is 0 Å². The maximum absolute atomic E-state index is 13.2. The van der Waals surface area contributed by atoms with E-state index < -0.39 is 20.0 Å². The van der Waals surface area contributed by atoms with Crippen molar-refractivity contribution >= 4 is 20.0 Å². The van der Waals surface area contributed by atoms with Gasteiger partial charge in [0, 0.05) is 12.5 Å². The summed E-state index contributed by atoms with van der Waals surface area (Å²) in [6, 6.07) is 14.7. The van der Waals surface area contributed by atoms with Gasteiger partial charge in [-0.3, -0.25) is 0 Å². The molecule has 170 valence electrons. The summed E-state index contributed by atoms with van der Waals surface area (Å²) in [5.74, 6) is -0.127. The van der Waals surface area contributed by atoms with Crippen LogP contribution in [0, 0.1) is 0 Å². The normalized spacial score (nSPS) is 18.5. The van der Waals surface area contributed by atoms with Gasteiger partial charge in [0.2, 0.25) is 0 Å². The SMILES string of the molecule is CCCCCCCCCCC1CN(S(=O)(=O)c2ccccc2)S(=O)(=O)c2ccccc21. The van der Waals surface area contributed by atoms with E-state index in [0.29, 0.717) is 3.71 Å². The van der Waals surface area contributed by atoms with Gasteiger partial charge in [-0.2, -0.15) is 0 Å². The Bertz CT molecular complexity index is 1050. The minimum absolute atomic E-state index is 0.00350. The summed E-state index contributed by atoms with van der Waals surface area (Å²) < 4.78 is 53.6. The van der Waals surface area contributed by atoms with Gasteiger partial charge in [0.25, 0.3) is 20.0 Å². The Kier molecular flexibility index (Phi) is 8.30. The van der Waals surface area contributed by atoms with E-state index in [9.17, 15) is 16.8 Å². The third kappa shape index (κ3) is 5.57. The zero-order valence-corrected chi connectivity index (χ0v) is 19.9. The first-order valence-electron chi connectivity index (χ1n) is 11.3. The van der Waals surface area contributed by atoms with Crippen molar-refractivity contribution in [1.82, 2.24) is 3.71 Å². The lowest BCUT2D eigenvalue weighted by Gasteiger charge is -2.33. The fraction of sp³-hybridized carbons (Fsp3) is 0.500. The minimum atomic E-state index is -4.15. The largest absolute Gasteiger partial charge is 0.256 e. The highest BCUT2D eigenvalue weighted by atomic mass is 32.3. The van der Waals surface area contributed by atoms with Crippen molar-refractivity contribution in [3.63, 3.8) is 0 Å². The van der Waals surface area contributed by atoms with Crippen LogP contribution in [0.15, 0.2) is 64.4 Å². The van der Waals surface area contributed by atoms with Crippen LogP contribution in [0.1, 0.15) is 76.2 Å². The van der Waals surface area contributed by atoms with Crippen LogP contribution in [0.25, 0.3) is 0 Å². The molecule has 31 heavy (non-hydrogen) atoms. The van der Waals surface area contributed by atoms with Crippen LogP contribution in [0.5, 0.6) is 0 Å². The summed E-state index contributed by atoms with van der Waals surface area (Å²) >= 11 is 0. The molecule has 0 N–H and O–H groups in total. The monoisotopic (exact) mass is 463 g/mol. The Balaban J connectivity index is 1.75. The lowest BCUT2D eigenvalue weighted by molar-refractivity contribution is 0.430. The smallest absolute Gasteiger partial charge is 0.206 e. The van der Waals surface area contributed by atoms with Gasteiger partial charge in [0.05, 0.1) is 9.79 Å². The number of nitrogens with zero attached hydrogens (tertiary/aromatic N) is 1. The highest BCUT2D eigenvalue weighted by Gasteiger charge is 2.43. The molecule has 0 bridgehead atoms. The van der Waals surface area contributed by atoms with Gasteiger partial charge in [0.1, 0.15) is 0 Å². The van der Waals surface area contributed by atoms with Crippen LogP contribution in [0.2, 0.25) is 0 Å². The average Bonchev–Trinajstić information content (AvgIpc) is 2.77. The molecule has 0 saturated heterocycles. The number of sulfonamides is 2. The molecule has 0 fully saturated rings. The molecule has 1 aliphatic heterocycles. The zero-order chi connectivity index (χ0) is 22.3. The van der Waals surface area contributed by atoms with Crippen LogP contribution in [0.3, 0.4) is 0 Å². The highest BCUT2D eigenvalue weighted by Crippen LogP contribution is 2.39. The molecule has 1 unspecified atom stereocenters. The summed E-state index contributed by atoms with van der Waals surface area (Å²) in [4.78, 5) is 0.120. The number of rotatable bonds is 11. The second-order valence-electron chi connectivity index (χ2n) is 8.28. The van der Waals surface area contributed by atoms with Gasteiger partial charge in [-0.15, -0.1) is 0 Å². The van der Waals surface area contributed by atoms with Crippen LogP contribution >= 0.6 is 0 Å². The first-order valence-corrected chi connectivity index (χ1v) is 14.2. The molecule has 0 aliphatic carbocycles. The fourth-order valence-corrected chi connectivity index (χ4v) is 8.27. The molecule has 0 amide bonds. The summed E-state index contributed by atoms with van der Waals surface area (Å²) in [5.41, 5.74) is 0.741. The molecule has 0 radical (unpaired) electrons. The van der Waals surface area contributed by atoms with Gasteiger partial charge in [0.15, 0.2) is 0 Å². The van der Waals surface area contributed by atoms with Gasteiger partial charge in [-0.25, -0.2) is 16.8 Å². The summed E-state index contributed by atoms with van der Waals surface area (Å²) in [6.07, 6.45) is 10.3. The predicted octanol–water partition coefficient (Wildman–Crippen LogP) is 5.69. The fourth-order valence-electron chi connectivity index (χ4n) is 4.25. The van der Waals surface area contributed by atoms with E-state index in [-0.39, 0.29) is 22.3 Å². The van der Waals surface area contributed by atoms with Crippen molar-refractivity contribution in [3.8, 4) is 0 Å². The third-order valence-corrected chi connectivity index (χ3v) is 10.3. The van der Waals surface area contributed by atoms with Crippen LogP contribution < -0.4 is 0 Å². The molecule has 2 aromatic rings. The molecular formula is C24H33NO4S2. The number of hydrogen-bond donors (Lipinski definition) is 0. The molecular weight excluding hydrogens is 430 g/mol. The molecule has 0 spiro atoms. The van der Waals surface area contributed by atoms with E-state index in [1.165, 1.54) is 56.7 Å². The Morgan fingerprint density at radius 3 is 2.10 bits per heavy atom. The van der Waals surface area contributed by atoms with Gasteiger partial charge < -0.3 is 0 Å². The summed E-state index contributed by atoms with van der Waals surface area (Å²) in [7, 11) is -8.27. The Morgan fingerprint density at radius 2 is 1.42 bits per heavy atom. The molecule has 0 saturated carbocycles. The summed E-state index contributed by atoms with van der Waals surface area (Å²) in [6.45, 7) is 2.18. The topological polar surface area (TPSA) is 71.5 Å². The second kappa shape index (κ2) is 10.7. The lowest BCUT2D eigenvalue weighted by atomic mass is 9.92. The summed E-state index contributed by atoms with van der Waals surface area (Å²) in [5, 5.41) is 0. The van der Waals surface area contributed by atoms with Gasteiger partial charge in [-0.1, -0.05) is 98.4 Å². The standard InChI is InChI=1S/C24H33NO4S2/c1-2-3-4-5-6-7-8-10-15-21-20-25(30(26,27)22-16-11-9-12-17-22)31(28,29)24-19-14-13-18-23(21)24/h9,11-14,16-19,21H,2-8,10,15,20H2,1H3. The molecule has 7 heteroatoms. The number of fused-ring (bicyclic) bond motifs is 1. The zero-order valence-electron chi connectivity index (χ0n) is 18.2. The van der Waals surface area contributed by atoms with Crippen molar-refractivity contribution in [3.05, 3.63) is 60.2 Å². The molecule has 0 aromatic heterocycles. The number of hydrogen-bond acceptors (Lipinski definition) is 4. The van der Waals surface area contributed by atoms with E-state index in [1.54, 1.807) is 24.3 Å². The van der Waals surface area contributed by atoms with Crippen LogP contribution in [-0.2, 0) is 20.0 Å². The van der Waals surface area contributed by atoms with Crippen LogP contribution in [-0.4, -0.2) is 27.1 Å². The molecule has 3 rings (SSSR count). The quantitative estimate of drug-likeness (QED) is 0.401. The average molecular weight is 464 g/mol. The Hall–Kier alpha value is -1.70. The van der Waals surface area contributed by atoms with E-state index in [1.807, 2.05) is 12.1 Å². The van der Waals surface area contributed by atoms with Crippen molar-refractivity contribution < 1.29 is 16.8 Å². The maximum atomic E-state index is 13.2. The van der Waals surface area contributed by atoms with E-state index in [4.69, 9.17) is 0 Å². The number of benzene rings is 2. The van der Waals surface area contributed by atoms with E-state index in [0.717, 1.165) is 24.8 Å². The van der Waals surface area contributed by atoms with Crippen molar-refractivity contribution in [2.75, 3.05) is 6.54 Å². The number of unbranched alkanes of at least 4 members (excludes halogenated alkanes) is 7. The van der Waals surface area contributed by atoms with Gasteiger partial charge >= 0.3 is 0 Å². The highest BCUT2D eigenvalue weighted by molar-refractivity contribution is 8.04. The molecule has 1 heterocycles. The van der Waals surface area contributed by atoms with Crippen molar-refractivity contribution in [2.45, 2.75) is 80.4 Å². The first-order chi connectivity index (χ1) is 14.9. The molecule has 1 atom stereocenters. The third-order valence-electron chi connectivity index (χ3n) is 5.99. The molecule has 1 aliphatic rings. The Morgan fingerprint density at radius 1 is 0.839 bits per heavy atom. The van der Waals surface area contributed by atoms with E-state index >= 15 is 0 Å². The Labute approximate surface area is 187 Å². The lowest BCUT2D eigenvalue weighted by Crippen LogP contribution is -2.43. The minimum Gasteiger partial charge on any atom is -0.206 e. The first kappa shape index (κ1) is 24.0. The predicted molar refractivity (Wildman–Crippen MR) is 124 cm³/mol. The maximum Gasteiger partial charge on any atom is 0.256 e. The second-order valence-corrected chi connectivity index (χ2v) is 12.2.